The van der Waals surface area contributed by atoms with Gasteiger partial charge in [0.1, 0.15) is 0 Å². The number of unbranched alkanes of at least 4 members (excludes halogenated alkanes) is 1. The molecule has 170 valence electrons. The Kier molecular flexibility index (Phi) is 12.7. The lowest BCUT2D eigenvalue weighted by Crippen LogP contribution is -2.40. The van der Waals surface area contributed by atoms with Gasteiger partial charge >= 0.3 is 0 Å². The molecule has 7 heteroatoms. The van der Waals surface area contributed by atoms with E-state index in [0.29, 0.717) is 12.5 Å². The maximum atomic E-state index is 5.96. The molecule has 30 heavy (non-hydrogen) atoms. The van der Waals surface area contributed by atoms with Crippen molar-refractivity contribution in [3.05, 3.63) is 35.9 Å². The number of nitrogens with one attached hydrogen (secondary N) is 1. The average Bonchev–Trinajstić information content (AvgIpc) is 3.23. The lowest BCUT2D eigenvalue weighted by Gasteiger charge is -2.26. The Balaban J connectivity index is 0.00000320. The summed E-state index contributed by atoms with van der Waals surface area (Å²) in [4.78, 5) is 9.79. The van der Waals surface area contributed by atoms with E-state index in [1.54, 1.807) is 0 Å². The van der Waals surface area contributed by atoms with Gasteiger partial charge in [0, 0.05) is 45.2 Å². The third-order valence-electron chi connectivity index (χ3n) is 5.63. The predicted octanol–water partition coefficient (Wildman–Crippen LogP) is 3.22. The van der Waals surface area contributed by atoms with Crippen LogP contribution in [0.4, 0.5) is 0 Å². The summed E-state index contributed by atoms with van der Waals surface area (Å²) < 4.78 is 11.4. The number of morpholine rings is 1. The number of benzene rings is 1. The van der Waals surface area contributed by atoms with Crippen LogP contribution in [0.1, 0.15) is 31.7 Å². The van der Waals surface area contributed by atoms with Crippen LogP contribution in [-0.2, 0) is 16.1 Å². The zero-order valence-electron chi connectivity index (χ0n) is 18.4. The quantitative estimate of drug-likeness (QED) is 0.218. The van der Waals surface area contributed by atoms with Gasteiger partial charge in [0.2, 0.25) is 0 Å². The van der Waals surface area contributed by atoms with Crippen molar-refractivity contribution in [1.82, 2.24) is 15.1 Å². The first-order valence-electron chi connectivity index (χ1n) is 11.3. The molecule has 0 aromatic heterocycles. The van der Waals surface area contributed by atoms with Crippen molar-refractivity contribution in [1.29, 1.82) is 0 Å². The van der Waals surface area contributed by atoms with Crippen LogP contribution in [0.3, 0.4) is 0 Å². The molecule has 2 saturated heterocycles. The van der Waals surface area contributed by atoms with Gasteiger partial charge in [0.05, 0.1) is 26.4 Å². The van der Waals surface area contributed by atoms with Crippen LogP contribution in [0.15, 0.2) is 35.3 Å². The van der Waals surface area contributed by atoms with Crippen molar-refractivity contribution < 1.29 is 9.47 Å². The molecule has 6 nitrogen and oxygen atoms in total. The van der Waals surface area contributed by atoms with E-state index in [0.717, 1.165) is 71.5 Å². The minimum Gasteiger partial charge on any atom is -0.379 e. The van der Waals surface area contributed by atoms with Crippen LogP contribution in [0.25, 0.3) is 0 Å². The lowest BCUT2D eigenvalue weighted by molar-refractivity contribution is 0.0373. The minimum atomic E-state index is 0. The Morgan fingerprint density at radius 2 is 1.97 bits per heavy atom. The Hall–Kier alpha value is -0.900. The summed E-state index contributed by atoms with van der Waals surface area (Å²) in [6, 6.07) is 10.4. The second-order valence-electron chi connectivity index (χ2n) is 8.00. The molecular weight excluding hydrogens is 491 g/mol. The third-order valence-corrected chi connectivity index (χ3v) is 5.63. The first kappa shape index (κ1) is 25.4. The fraction of sp³-hybridized carbons (Fsp3) is 0.696. The van der Waals surface area contributed by atoms with Gasteiger partial charge in [-0.25, -0.2) is 0 Å². The lowest BCUT2D eigenvalue weighted by atomic mass is 10.1. The normalized spacial score (nSPS) is 20.2. The molecule has 1 aromatic carbocycles. The molecule has 2 aliphatic heterocycles. The number of guanidine groups is 1. The molecule has 0 amide bonds. The van der Waals surface area contributed by atoms with Crippen LogP contribution in [0, 0.1) is 5.92 Å². The van der Waals surface area contributed by atoms with Crippen LogP contribution in [0.2, 0.25) is 0 Å². The van der Waals surface area contributed by atoms with Crippen LogP contribution in [-0.4, -0.2) is 81.4 Å². The monoisotopic (exact) mass is 530 g/mol. The summed E-state index contributed by atoms with van der Waals surface area (Å²) in [5.74, 6) is 1.66. The van der Waals surface area contributed by atoms with Gasteiger partial charge in [-0.1, -0.05) is 30.3 Å². The molecule has 0 spiro atoms. The fourth-order valence-corrected chi connectivity index (χ4v) is 3.96. The van der Waals surface area contributed by atoms with Gasteiger partial charge < -0.3 is 19.7 Å². The molecule has 1 unspecified atom stereocenters. The number of hydrogen-bond donors (Lipinski definition) is 1. The van der Waals surface area contributed by atoms with Crippen LogP contribution >= 0.6 is 24.0 Å². The summed E-state index contributed by atoms with van der Waals surface area (Å²) in [5.41, 5.74) is 1.24. The van der Waals surface area contributed by atoms with Crippen molar-refractivity contribution >= 4 is 29.9 Å². The second kappa shape index (κ2) is 15.0. The average molecular weight is 530 g/mol. The van der Waals surface area contributed by atoms with Gasteiger partial charge in [-0.05, 0) is 38.3 Å². The van der Waals surface area contributed by atoms with Gasteiger partial charge in [0.15, 0.2) is 5.96 Å². The van der Waals surface area contributed by atoms with Crippen molar-refractivity contribution in [3.63, 3.8) is 0 Å². The van der Waals surface area contributed by atoms with Crippen molar-refractivity contribution in [3.8, 4) is 0 Å². The first-order valence-corrected chi connectivity index (χ1v) is 11.3. The molecule has 2 aliphatic rings. The van der Waals surface area contributed by atoms with Crippen molar-refractivity contribution in [2.45, 2.75) is 32.8 Å². The summed E-state index contributed by atoms with van der Waals surface area (Å²) in [6.07, 6.45) is 3.53. The molecule has 1 aromatic rings. The number of halogens is 1. The predicted molar refractivity (Wildman–Crippen MR) is 134 cm³/mol. The van der Waals surface area contributed by atoms with Gasteiger partial charge in [-0.3, -0.25) is 9.89 Å². The number of likely N-dealkylation sites (tertiary alicyclic amines) is 1. The molecule has 2 heterocycles. The molecule has 0 saturated carbocycles. The number of aliphatic imine (C=N–C) groups is 1. The first-order chi connectivity index (χ1) is 14.3. The van der Waals surface area contributed by atoms with Crippen LogP contribution < -0.4 is 5.32 Å². The van der Waals surface area contributed by atoms with Gasteiger partial charge in [-0.2, -0.15) is 0 Å². The largest absolute Gasteiger partial charge is 0.379 e. The number of ether oxygens (including phenoxy) is 2. The van der Waals surface area contributed by atoms with E-state index in [2.05, 4.69) is 46.3 Å². The molecule has 0 radical (unpaired) electrons. The molecule has 1 N–H and O–H groups in total. The summed E-state index contributed by atoms with van der Waals surface area (Å²) in [7, 11) is 0. The van der Waals surface area contributed by atoms with Gasteiger partial charge in [0.25, 0.3) is 0 Å². The highest BCUT2D eigenvalue weighted by Gasteiger charge is 2.25. The number of hydrogen-bond acceptors (Lipinski definition) is 4. The maximum Gasteiger partial charge on any atom is 0.193 e. The zero-order valence-corrected chi connectivity index (χ0v) is 20.8. The highest BCUT2D eigenvalue weighted by molar-refractivity contribution is 14.0. The summed E-state index contributed by atoms with van der Waals surface area (Å²) in [5, 5.41) is 3.48. The van der Waals surface area contributed by atoms with Gasteiger partial charge in [-0.15, -0.1) is 24.0 Å². The second-order valence-corrected chi connectivity index (χ2v) is 8.00. The van der Waals surface area contributed by atoms with E-state index in [1.807, 2.05) is 6.07 Å². The Morgan fingerprint density at radius 3 is 2.73 bits per heavy atom. The number of nitrogens with zero attached hydrogens (tertiary/aromatic N) is 3. The number of rotatable bonds is 10. The zero-order chi connectivity index (χ0) is 20.2. The molecule has 0 bridgehead atoms. The van der Waals surface area contributed by atoms with Crippen LogP contribution in [0.5, 0.6) is 0 Å². The molecule has 0 aliphatic carbocycles. The standard InChI is InChI=1S/C23H38N4O2.HI/c1-2-24-23(25-11-6-7-12-26-14-16-28-17-15-26)27-13-10-22(18-27)20-29-19-21-8-4-3-5-9-21;/h3-5,8-9,22H,2,6-7,10-20H2,1H3,(H,24,25);1H. The maximum absolute atomic E-state index is 5.96. The minimum absolute atomic E-state index is 0. The third kappa shape index (κ3) is 9.08. The fourth-order valence-electron chi connectivity index (χ4n) is 3.96. The van der Waals surface area contributed by atoms with E-state index in [-0.39, 0.29) is 24.0 Å². The van der Waals surface area contributed by atoms with E-state index in [9.17, 15) is 0 Å². The topological polar surface area (TPSA) is 49.3 Å². The Bertz CT molecular complexity index is 596. The van der Waals surface area contributed by atoms with E-state index in [1.165, 1.54) is 24.9 Å². The SMILES string of the molecule is CCNC(=NCCCCN1CCOCC1)N1CCC(COCc2ccccc2)C1.I. The highest BCUT2D eigenvalue weighted by Crippen LogP contribution is 2.17. The summed E-state index contributed by atoms with van der Waals surface area (Å²) >= 11 is 0. The Morgan fingerprint density at radius 1 is 1.17 bits per heavy atom. The molecule has 3 rings (SSSR count). The highest BCUT2D eigenvalue weighted by atomic mass is 127. The van der Waals surface area contributed by atoms with Crippen molar-refractivity contribution in [2.24, 2.45) is 10.9 Å². The summed E-state index contributed by atoms with van der Waals surface area (Å²) in [6.45, 7) is 12.7. The molecular formula is C23H39IN4O2. The van der Waals surface area contributed by atoms with Crippen molar-refractivity contribution in [2.75, 3.05) is 65.6 Å². The van der Waals surface area contributed by atoms with E-state index < -0.39 is 0 Å². The van der Waals surface area contributed by atoms with E-state index in [4.69, 9.17) is 14.5 Å². The molecule has 1 atom stereocenters. The van der Waals surface area contributed by atoms with E-state index >= 15 is 0 Å². The molecule has 2 fully saturated rings. The Labute approximate surface area is 199 Å². The smallest absolute Gasteiger partial charge is 0.193 e.